The summed E-state index contributed by atoms with van der Waals surface area (Å²) < 4.78 is 40.2. The number of hydrogen-bond donors (Lipinski definition) is 1. The van der Waals surface area contributed by atoms with Gasteiger partial charge in [0.25, 0.3) is 5.91 Å². The zero-order chi connectivity index (χ0) is 30.2. The number of fused-ring (bicyclic) bond motifs is 9. The Labute approximate surface area is 244 Å². The number of halogens is 2. The molecule has 2 aromatic carbocycles. The minimum absolute atomic E-state index is 0.000626. The Kier molecular flexibility index (Phi) is 6.54. The first-order chi connectivity index (χ1) is 19.7. The number of aromatic nitrogens is 4. The van der Waals surface area contributed by atoms with Crippen molar-refractivity contribution < 1.29 is 22.7 Å². The summed E-state index contributed by atoms with van der Waals surface area (Å²) in [4.78, 5) is 27.2. The van der Waals surface area contributed by atoms with E-state index in [-0.39, 0.29) is 22.7 Å². The Hall–Kier alpha value is -3.70. The van der Waals surface area contributed by atoms with Crippen LogP contribution in [0.2, 0.25) is 18.1 Å². The third kappa shape index (κ3) is 4.68. The van der Waals surface area contributed by atoms with E-state index in [4.69, 9.17) is 24.1 Å². The van der Waals surface area contributed by atoms with Gasteiger partial charge in [-0.05, 0) is 68.2 Å². The van der Waals surface area contributed by atoms with E-state index in [1.807, 2.05) is 36.6 Å². The van der Waals surface area contributed by atoms with Crippen LogP contribution in [-0.2, 0) is 10.0 Å². The second-order valence-electron chi connectivity index (χ2n) is 13.1. The number of alkyl halides is 2. The maximum absolute atomic E-state index is 13.3. The van der Waals surface area contributed by atoms with Gasteiger partial charge in [0, 0.05) is 29.1 Å². The van der Waals surface area contributed by atoms with E-state index in [1.165, 1.54) is 6.07 Å². The second kappa shape index (κ2) is 9.67. The third-order valence-corrected chi connectivity index (χ3v) is 13.4. The highest BCUT2D eigenvalue weighted by Crippen LogP contribution is 2.48. The molecule has 2 unspecified atom stereocenters. The van der Waals surface area contributed by atoms with Gasteiger partial charge in [0.15, 0.2) is 14.1 Å². The number of carbonyl (C=O) groups is 1. The molecule has 8 nitrogen and oxygen atoms in total. The van der Waals surface area contributed by atoms with Crippen LogP contribution < -0.4 is 10.1 Å². The van der Waals surface area contributed by atoms with Crippen molar-refractivity contribution in [2.75, 3.05) is 0 Å². The van der Waals surface area contributed by atoms with E-state index < -0.39 is 26.6 Å². The monoisotopic (exact) mass is 591 g/mol. The van der Waals surface area contributed by atoms with Crippen LogP contribution in [0.3, 0.4) is 0 Å². The molecule has 0 radical (unpaired) electrons. The fourth-order valence-electron chi connectivity index (χ4n) is 5.81. The third-order valence-electron chi connectivity index (χ3n) is 8.80. The van der Waals surface area contributed by atoms with E-state index in [0.29, 0.717) is 29.2 Å². The molecule has 0 fully saturated rings. The number of imidazole rings is 1. The number of rotatable bonds is 6. The van der Waals surface area contributed by atoms with Crippen LogP contribution in [0.25, 0.3) is 22.2 Å². The number of ether oxygens (including phenoxy) is 1. The van der Waals surface area contributed by atoms with Gasteiger partial charge in [0.05, 0.1) is 23.1 Å². The lowest BCUT2D eigenvalue weighted by molar-refractivity contribution is -0.0507. The highest BCUT2D eigenvalue weighted by atomic mass is 28.4. The molecule has 6 rings (SSSR count). The lowest BCUT2D eigenvalue weighted by atomic mass is 9.97. The normalized spacial score (nSPS) is 18.6. The van der Waals surface area contributed by atoms with E-state index in [9.17, 15) is 13.6 Å². The Morgan fingerprint density at radius 1 is 1.05 bits per heavy atom. The Balaban J connectivity index is 1.38. The molecule has 2 atom stereocenters. The van der Waals surface area contributed by atoms with Crippen LogP contribution in [0.4, 0.5) is 8.78 Å². The van der Waals surface area contributed by atoms with Crippen molar-refractivity contribution in [1.82, 2.24) is 24.8 Å². The highest BCUT2D eigenvalue weighted by Gasteiger charge is 2.44. The quantitative estimate of drug-likeness (QED) is 0.240. The number of nitrogens with one attached hydrogen (secondary N) is 1. The minimum atomic E-state index is -3.01. The fourth-order valence-corrected chi connectivity index (χ4v) is 7.49. The molecule has 1 N–H and O–H groups in total. The van der Waals surface area contributed by atoms with Gasteiger partial charge in [0.2, 0.25) is 0 Å². The van der Waals surface area contributed by atoms with Crippen molar-refractivity contribution in [2.45, 2.75) is 83.5 Å². The molecule has 42 heavy (non-hydrogen) atoms. The Morgan fingerprint density at radius 3 is 2.43 bits per heavy atom. The highest BCUT2D eigenvalue weighted by molar-refractivity contribution is 6.74. The Bertz CT molecular complexity index is 1700. The molecule has 1 amide bonds. The molecular weight excluding hydrogens is 556 g/mol. The first-order valence-electron chi connectivity index (χ1n) is 14.1. The first-order valence-corrected chi connectivity index (χ1v) is 17.0. The van der Waals surface area contributed by atoms with Gasteiger partial charge in [-0.3, -0.25) is 4.79 Å². The maximum atomic E-state index is 13.3. The molecule has 2 aliphatic heterocycles. The van der Waals surface area contributed by atoms with Gasteiger partial charge in [-0.25, -0.2) is 15.0 Å². The molecule has 0 aliphatic carbocycles. The lowest BCUT2D eigenvalue weighted by Crippen LogP contribution is -2.46. The average molecular weight is 592 g/mol. The van der Waals surface area contributed by atoms with Crippen molar-refractivity contribution in [3.8, 4) is 16.9 Å². The number of amides is 1. The summed E-state index contributed by atoms with van der Waals surface area (Å²) in [5.74, 6) is 0.982. The molecular formula is C31H35F2N5O3Si. The molecule has 0 spiro atoms. The van der Waals surface area contributed by atoms with Gasteiger partial charge in [0.1, 0.15) is 17.2 Å². The van der Waals surface area contributed by atoms with Crippen molar-refractivity contribution >= 4 is 25.3 Å². The summed E-state index contributed by atoms with van der Waals surface area (Å²) in [6, 6.07) is 9.82. The second-order valence-corrected chi connectivity index (χ2v) is 17.8. The van der Waals surface area contributed by atoms with Crippen molar-refractivity contribution in [1.29, 1.82) is 0 Å². The average Bonchev–Trinajstić information content (AvgIpc) is 3.39. The van der Waals surface area contributed by atoms with Crippen LogP contribution in [0.1, 0.15) is 80.7 Å². The van der Waals surface area contributed by atoms with Crippen molar-refractivity contribution in [3.63, 3.8) is 0 Å². The lowest BCUT2D eigenvalue weighted by Gasteiger charge is -2.42. The van der Waals surface area contributed by atoms with E-state index in [1.54, 1.807) is 24.5 Å². The summed E-state index contributed by atoms with van der Waals surface area (Å²) in [6.07, 6.45) is 4.09. The Morgan fingerprint density at radius 2 is 1.76 bits per heavy atom. The SMILES string of the molecule is CC(C)(O[Si](C)(C)C(C)(C)C)c1ncc(-c2ccc3nc4n(c3c2)C2CC4NC(=O)c3cccc(OC(F)F)c32)cn1. The predicted molar refractivity (Wildman–Crippen MR) is 158 cm³/mol. The molecule has 2 aliphatic rings. The van der Waals surface area contributed by atoms with E-state index in [0.717, 1.165) is 22.2 Å². The molecule has 4 aromatic rings. The summed E-state index contributed by atoms with van der Waals surface area (Å²) >= 11 is 0. The molecule has 4 heterocycles. The van der Waals surface area contributed by atoms with Crippen LogP contribution >= 0.6 is 0 Å². The molecule has 2 bridgehead atoms. The van der Waals surface area contributed by atoms with Crippen LogP contribution in [0, 0.1) is 0 Å². The summed E-state index contributed by atoms with van der Waals surface area (Å²) in [5, 5.41) is 3.08. The number of nitrogens with zero attached hydrogens (tertiary/aromatic N) is 4. The van der Waals surface area contributed by atoms with Crippen LogP contribution in [-0.4, -0.2) is 40.4 Å². The van der Waals surface area contributed by atoms with E-state index in [2.05, 4.69) is 39.2 Å². The topological polar surface area (TPSA) is 91.2 Å². The standard InChI is InChI=1S/C31H35F2N5O3Si/c1-30(2,3)42(6,7)41-31(4,5)28-34-15-18(16-35-28)17-11-12-20-22(13-17)38-23-14-21(26(38)36-20)37-27(39)19-9-8-10-24(25(19)23)40-29(32)33/h8-13,15-16,21,23,29H,14H2,1-7H3,(H,37,39). The summed E-state index contributed by atoms with van der Waals surface area (Å²) in [7, 11) is -2.06. The van der Waals surface area contributed by atoms with Gasteiger partial charge in [-0.1, -0.05) is 32.9 Å². The molecule has 220 valence electrons. The van der Waals surface area contributed by atoms with Crippen molar-refractivity contribution in [2.24, 2.45) is 0 Å². The van der Waals surface area contributed by atoms with Crippen LogP contribution in [0.15, 0.2) is 48.8 Å². The zero-order valence-electron chi connectivity index (χ0n) is 24.8. The molecule has 0 saturated heterocycles. The number of hydrogen-bond acceptors (Lipinski definition) is 6. The maximum Gasteiger partial charge on any atom is 0.387 e. The fraction of sp³-hybridized carbons (Fsp3) is 0.419. The summed E-state index contributed by atoms with van der Waals surface area (Å²) in [5.41, 5.74) is 3.41. The predicted octanol–water partition coefficient (Wildman–Crippen LogP) is 7.13. The van der Waals surface area contributed by atoms with E-state index >= 15 is 0 Å². The van der Waals surface area contributed by atoms with Gasteiger partial charge in [-0.15, -0.1) is 0 Å². The van der Waals surface area contributed by atoms with Gasteiger partial charge >= 0.3 is 6.61 Å². The number of carbonyl (C=O) groups excluding carboxylic acids is 1. The van der Waals surface area contributed by atoms with Crippen LogP contribution in [0.5, 0.6) is 5.75 Å². The largest absolute Gasteiger partial charge is 0.434 e. The zero-order valence-corrected chi connectivity index (χ0v) is 25.8. The first kappa shape index (κ1) is 28.4. The smallest absolute Gasteiger partial charge is 0.387 e. The summed E-state index contributed by atoms with van der Waals surface area (Å²) in [6.45, 7) is 12.1. The number of benzene rings is 2. The van der Waals surface area contributed by atoms with Gasteiger partial charge < -0.3 is 19.0 Å². The minimum Gasteiger partial charge on any atom is -0.434 e. The molecule has 0 saturated carbocycles. The van der Waals surface area contributed by atoms with Gasteiger partial charge in [-0.2, -0.15) is 8.78 Å². The molecule has 11 heteroatoms. The van der Waals surface area contributed by atoms with Crippen molar-refractivity contribution in [3.05, 3.63) is 71.6 Å². The molecule has 2 aromatic heterocycles.